The number of piperidine rings is 1. The van der Waals surface area contributed by atoms with E-state index in [4.69, 9.17) is 4.52 Å². The minimum Gasteiger partial charge on any atom is -0.356 e. The van der Waals surface area contributed by atoms with Crippen molar-refractivity contribution in [2.24, 2.45) is 10.9 Å². The Kier molecular flexibility index (Phi) is 7.44. The van der Waals surface area contributed by atoms with Crippen molar-refractivity contribution in [2.45, 2.75) is 45.1 Å². The van der Waals surface area contributed by atoms with E-state index < -0.39 is 0 Å². The summed E-state index contributed by atoms with van der Waals surface area (Å²) in [6.07, 6.45) is 3.16. The summed E-state index contributed by atoms with van der Waals surface area (Å²) < 4.78 is 5.30. The van der Waals surface area contributed by atoms with Crippen molar-refractivity contribution in [1.29, 1.82) is 0 Å². The van der Waals surface area contributed by atoms with Crippen LogP contribution in [0.25, 0.3) is 0 Å². The molecule has 1 saturated heterocycles. The van der Waals surface area contributed by atoms with Crippen molar-refractivity contribution >= 4 is 17.3 Å². The third kappa shape index (κ3) is 5.32. The topological polar surface area (TPSA) is 78.6 Å². The molecule has 154 valence electrons. The zero-order chi connectivity index (χ0) is 19.9. The highest BCUT2D eigenvalue weighted by atomic mass is 32.1. The molecule has 0 radical (unpaired) electrons. The average molecular weight is 405 g/mol. The highest BCUT2D eigenvalue weighted by molar-refractivity contribution is 7.10. The van der Waals surface area contributed by atoms with Crippen molar-refractivity contribution in [3.05, 3.63) is 34.1 Å². The van der Waals surface area contributed by atoms with Gasteiger partial charge in [0.2, 0.25) is 5.89 Å². The fraction of sp³-hybridized carbons (Fsp3) is 0.650. The van der Waals surface area contributed by atoms with Crippen molar-refractivity contribution in [1.82, 2.24) is 25.7 Å². The Balaban J connectivity index is 1.48. The van der Waals surface area contributed by atoms with Crippen molar-refractivity contribution in [3.63, 3.8) is 0 Å². The lowest BCUT2D eigenvalue weighted by Crippen LogP contribution is -2.45. The lowest BCUT2D eigenvalue weighted by Gasteiger charge is -2.39. The molecule has 1 aliphatic rings. The number of nitrogens with zero attached hydrogens (tertiary/aromatic N) is 4. The fourth-order valence-corrected chi connectivity index (χ4v) is 4.71. The molecule has 2 unspecified atom stereocenters. The van der Waals surface area contributed by atoms with Gasteiger partial charge in [0.15, 0.2) is 11.8 Å². The van der Waals surface area contributed by atoms with Crippen LogP contribution in [-0.4, -0.2) is 54.7 Å². The van der Waals surface area contributed by atoms with Crippen LogP contribution in [0.1, 0.15) is 55.2 Å². The summed E-state index contributed by atoms with van der Waals surface area (Å²) in [7, 11) is 4.04. The Bertz CT molecular complexity index is 742. The van der Waals surface area contributed by atoms with Gasteiger partial charge < -0.3 is 15.2 Å². The van der Waals surface area contributed by atoms with Gasteiger partial charge in [-0.05, 0) is 43.8 Å². The van der Waals surface area contributed by atoms with Gasteiger partial charge in [-0.1, -0.05) is 25.1 Å². The molecule has 0 spiro atoms. The van der Waals surface area contributed by atoms with Crippen LogP contribution in [0.2, 0.25) is 0 Å². The Morgan fingerprint density at radius 3 is 2.96 bits per heavy atom. The number of aromatic nitrogens is 2. The molecule has 0 aromatic carbocycles. The van der Waals surface area contributed by atoms with Crippen LogP contribution in [0.15, 0.2) is 27.0 Å². The van der Waals surface area contributed by atoms with Gasteiger partial charge in [-0.15, -0.1) is 11.3 Å². The monoisotopic (exact) mass is 404 g/mol. The molecule has 2 aromatic rings. The first-order valence-corrected chi connectivity index (χ1v) is 11.0. The van der Waals surface area contributed by atoms with Crippen LogP contribution < -0.4 is 10.6 Å². The van der Waals surface area contributed by atoms with E-state index in [0.717, 1.165) is 24.9 Å². The van der Waals surface area contributed by atoms with Crippen molar-refractivity contribution in [3.8, 4) is 0 Å². The first-order valence-electron chi connectivity index (χ1n) is 10.1. The number of likely N-dealkylation sites (tertiary alicyclic amines) is 1. The predicted octanol–water partition coefficient (Wildman–Crippen LogP) is 3.05. The van der Waals surface area contributed by atoms with E-state index >= 15 is 0 Å². The van der Waals surface area contributed by atoms with Crippen LogP contribution in [-0.2, 0) is 6.42 Å². The van der Waals surface area contributed by atoms with E-state index in [-0.39, 0.29) is 5.92 Å². The molecule has 28 heavy (non-hydrogen) atoms. The van der Waals surface area contributed by atoms with Crippen LogP contribution in [0, 0.1) is 5.92 Å². The summed E-state index contributed by atoms with van der Waals surface area (Å²) in [6.45, 7) is 6.90. The molecule has 1 aliphatic heterocycles. The molecular formula is C20H32N6OS. The Hall–Kier alpha value is -1.93. The molecule has 0 aliphatic carbocycles. The molecule has 7 nitrogen and oxygen atoms in total. The third-order valence-corrected chi connectivity index (χ3v) is 6.17. The first kappa shape index (κ1) is 20.8. The SMILES string of the molecule is CN=C(NCCc1nc(C(C)C)no1)NCC1CCCN(C)C1c1cccs1. The number of rotatable bonds is 7. The quantitative estimate of drug-likeness (QED) is 0.545. The van der Waals surface area contributed by atoms with E-state index in [1.807, 2.05) is 18.4 Å². The lowest BCUT2D eigenvalue weighted by atomic mass is 9.88. The van der Waals surface area contributed by atoms with Gasteiger partial charge in [0.1, 0.15) is 0 Å². The minimum atomic E-state index is 0.282. The van der Waals surface area contributed by atoms with Crippen LogP contribution >= 0.6 is 11.3 Å². The number of thiophene rings is 1. The van der Waals surface area contributed by atoms with Gasteiger partial charge in [-0.25, -0.2) is 0 Å². The molecular weight excluding hydrogens is 372 g/mol. The summed E-state index contributed by atoms with van der Waals surface area (Å²) in [5, 5.41) is 13.0. The molecule has 2 aromatic heterocycles. The Morgan fingerprint density at radius 2 is 2.29 bits per heavy atom. The Labute approximate surface area is 171 Å². The van der Waals surface area contributed by atoms with Gasteiger partial charge in [-0.2, -0.15) is 4.98 Å². The van der Waals surface area contributed by atoms with Crippen molar-refractivity contribution in [2.75, 3.05) is 33.7 Å². The number of nitrogens with one attached hydrogen (secondary N) is 2. The number of hydrogen-bond donors (Lipinski definition) is 2. The molecule has 8 heteroatoms. The van der Waals surface area contributed by atoms with Gasteiger partial charge in [0.05, 0.1) is 0 Å². The highest BCUT2D eigenvalue weighted by Crippen LogP contribution is 2.36. The third-order valence-electron chi connectivity index (χ3n) is 5.23. The number of hydrogen-bond acceptors (Lipinski definition) is 6. The normalized spacial score (nSPS) is 21.2. The van der Waals surface area contributed by atoms with E-state index in [0.29, 0.717) is 30.8 Å². The fourth-order valence-electron chi connectivity index (χ4n) is 3.72. The van der Waals surface area contributed by atoms with E-state index in [2.05, 4.69) is 69.1 Å². The van der Waals surface area contributed by atoms with Gasteiger partial charge in [-0.3, -0.25) is 9.89 Å². The molecule has 0 amide bonds. The standard InChI is InChI=1S/C20H32N6OS/c1-14(2)19-24-17(27-25-19)9-10-22-20(21-3)23-13-15-7-5-11-26(4)18(15)16-8-6-12-28-16/h6,8,12,14-15,18H,5,7,9-11,13H2,1-4H3,(H2,21,22,23). The maximum absolute atomic E-state index is 5.30. The van der Waals surface area contributed by atoms with E-state index in [1.54, 1.807) is 0 Å². The maximum Gasteiger partial charge on any atom is 0.228 e. The van der Waals surface area contributed by atoms with E-state index in [9.17, 15) is 0 Å². The minimum absolute atomic E-state index is 0.282. The summed E-state index contributed by atoms with van der Waals surface area (Å²) in [4.78, 5) is 12.7. The highest BCUT2D eigenvalue weighted by Gasteiger charge is 2.31. The van der Waals surface area contributed by atoms with Crippen LogP contribution in [0.4, 0.5) is 0 Å². The van der Waals surface area contributed by atoms with Crippen LogP contribution in [0.5, 0.6) is 0 Å². The second kappa shape index (κ2) is 10.0. The first-order chi connectivity index (χ1) is 13.6. The summed E-state index contributed by atoms with van der Waals surface area (Å²) in [6, 6.07) is 4.88. The largest absolute Gasteiger partial charge is 0.356 e. The molecule has 2 atom stereocenters. The van der Waals surface area contributed by atoms with Gasteiger partial charge in [0, 0.05) is 43.4 Å². The average Bonchev–Trinajstić information content (AvgIpc) is 3.36. The smallest absolute Gasteiger partial charge is 0.228 e. The number of guanidine groups is 1. The molecule has 1 fully saturated rings. The summed E-state index contributed by atoms with van der Waals surface area (Å²) in [5.41, 5.74) is 0. The number of aliphatic imine (C=N–C) groups is 1. The summed E-state index contributed by atoms with van der Waals surface area (Å²) in [5.74, 6) is 3.10. The molecule has 3 heterocycles. The molecule has 2 N–H and O–H groups in total. The van der Waals surface area contributed by atoms with Crippen LogP contribution in [0.3, 0.4) is 0 Å². The predicted molar refractivity (Wildman–Crippen MR) is 114 cm³/mol. The lowest BCUT2D eigenvalue weighted by molar-refractivity contribution is 0.125. The zero-order valence-electron chi connectivity index (χ0n) is 17.3. The zero-order valence-corrected chi connectivity index (χ0v) is 18.1. The van der Waals surface area contributed by atoms with Gasteiger partial charge in [0.25, 0.3) is 0 Å². The van der Waals surface area contributed by atoms with Crippen molar-refractivity contribution < 1.29 is 4.52 Å². The van der Waals surface area contributed by atoms with E-state index in [1.165, 1.54) is 17.7 Å². The summed E-state index contributed by atoms with van der Waals surface area (Å²) >= 11 is 1.85. The maximum atomic E-state index is 5.30. The second-order valence-corrected chi connectivity index (χ2v) is 8.65. The molecule has 0 saturated carbocycles. The van der Waals surface area contributed by atoms with Gasteiger partial charge >= 0.3 is 0 Å². The second-order valence-electron chi connectivity index (χ2n) is 7.67. The Morgan fingerprint density at radius 1 is 1.43 bits per heavy atom. The molecule has 0 bridgehead atoms. The molecule has 3 rings (SSSR count).